The Morgan fingerprint density at radius 2 is 1.73 bits per heavy atom. The minimum atomic E-state index is -1.90. The van der Waals surface area contributed by atoms with E-state index in [4.69, 9.17) is 27.9 Å². The molecule has 7 heterocycles. The number of nitrogens with zero attached hydrogens (tertiary/aromatic N) is 9. The number of carbonyl (C=O) groups excluding carboxylic acids is 3. The van der Waals surface area contributed by atoms with Gasteiger partial charge in [0.05, 0.1) is 35.6 Å². The number of aliphatic hydroxyl groups is 1. The van der Waals surface area contributed by atoms with Gasteiger partial charge in [-0.3, -0.25) is 19.3 Å². The number of hydrogen-bond donors (Lipinski definition) is 3. The van der Waals surface area contributed by atoms with Gasteiger partial charge in [-0.1, -0.05) is 43.9 Å². The van der Waals surface area contributed by atoms with Crippen molar-refractivity contribution in [1.29, 1.82) is 0 Å². The number of phenolic OH excluding ortho intramolecular Hbond substituents is 1. The van der Waals surface area contributed by atoms with Gasteiger partial charge in [0.15, 0.2) is 17.1 Å². The van der Waals surface area contributed by atoms with Crippen molar-refractivity contribution in [3.63, 3.8) is 0 Å². The van der Waals surface area contributed by atoms with Gasteiger partial charge in [-0.2, -0.15) is 0 Å². The number of aromatic nitrogens is 4. The number of anilines is 2. The molecule has 73 heavy (non-hydrogen) atoms. The van der Waals surface area contributed by atoms with Crippen molar-refractivity contribution in [2.24, 2.45) is 5.92 Å². The zero-order valence-corrected chi connectivity index (χ0v) is 42.4. The van der Waals surface area contributed by atoms with Crippen molar-refractivity contribution >= 4 is 57.5 Å². The predicted molar refractivity (Wildman–Crippen MR) is 278 cm³/mol. The molecule has 17 nitrogen and oxygen atoms in total. The van der Waals surface area contributed by atoms with Crippen LogP contribution in [0.5, 0.6) is 5.75 Å². The lowest BCUT2D eigenvalue weighted by atomic mass is 9.86. The minimum absolute atomic E-state index is 0.0686. The van der Waals surface area contributed by atoms with Crippen LogP contribution in [0.4, 0.5) is 17.2 Å². The van der Waals surface area contributed by atoms with E-state index in [9.17, 15) is 29.4 Å². The van der Waals surface area contributed by atoms with Gasteiger partial charge in [0, 0.05) is 104 Å². The summed E-state index contributed by atoms with van der Waals surface area (Å²) in [6.07, 6.45) is 10.5. The molecular weight excluding hydrogens is 948 g/mol. The zero-order chi connectivity index (χ0) is 51.0. The summed E-state index contributed by atoms with van der Waals surface area (Å²) in [5, 5.41) is 35.5. The normalized spacial score (nSPS) is 21.0. The third-order valence-electron chi connectivity index (χ3n) is 16.2. The van der Waals surface area contributed by atoms with E-state index in [1.54, 1.807) is 41.8 Å². The summed E-state index contributed by atoms with van der Waals surface area (Å²) < 4.78 is 6.83. The number of ether oxygens (including phenoxy) is 1. The maximum Gasteiger partial charge on any atom is 0.343 e. The van der Waals surface area contributed by atoms with Crippen LogP contribution in [0.15, 0.2) is 59.4 Å². The van der Waals surface area contributed by atoms with Gasteiger partial charge in [-0.25, -0.2) is 14.6 Å². The molecule has 18 heteroatoms. The maximum atomic E-state index is 13.7. The van der Waals surface area contributed by atoms with E-state index < -0.39 is 11.6 Å². The second-order valence-corrected chi connectivity index (χ2v) is 20.9. The number of piperazine rings is 1. The van der Waals surface area contributed by atoms with Crippen molar-refractivity contribution in [1.82, 2.24) is 34.9 Å². The first-order chi connectivity index (χ1) is 35.3. The molecule has 1 atom stereocenters. The van der Waals surface area contributed by atoms with E-state index in [0.29, 0.717) is 84.4 Å². The number of phenols is 1. The summed E-state index contributed by atoms with van der Waals surface area (Å²) in [4.78, 5) is 69.8. The number of amides is 2. The number of nitrogens with one attached hydrogen (secondary N) is 1. The summed E-state index contributed by atoms with van der Waals surface area (Å²) in [5.74, 6) is 0.826. The Labute approximate surface area is 429 Å². The number of esters is 1. The van der Waals surface area contributed by atoms with Crippen LogP contribution in [0.2, 0.25) is 5.02 Å². The van der Waals surface area contributed by atoms with Gasteiger partial charge in [-0.05, 0) is 106 Å². The topological polar surface area (TPSA) is 191 Å². The number of unbranched alkanes of at least 4 members (excludes halogenated alkanes) is 2. The SMILES string of the molecule is [C-]#[N+]c1ccc(N(C)C2CCC(NC(=O)c3ccc(N4CCC(CCCCCC(=O)N5CCN(Cc6c(O)ccc7nc8c(cc67)Cn6c-8cc7c(c6=O)COC(=O)[C@]7(O)CC)CC5)CC4)nn3)CC2)cc1Cl. The lowest BCUT2D eigenvalue weighted by Gasteiger charge is -2.36. The second kappa shape index (κ2) is 21.1. The number of pyridine rings is 2. The summed E-state index contributed by atoms with van der Waals surface area (Å²) >= 11 is 6.29. The highest BCUT2D eigenvalue weighted by Crippen LogP contribution is 2.40. The third kappa shape index (κ3) is 10.1. The first kappa shape index (κ1) is 49.9. The summed E-state index contributed by atoms with van der Waals surface area (Å²) in [5.41, 5.74) is 3.47. The van der Waals surface area contributed by atoms with Crippen molar-refractivity contribution in [2.75, 3.05) is 56.1 Å². The highest BCUT2D eigenvalue weighted by atomic mass is 35.5. The Balaban J connectivity index is 0.626. The number of benzene rings is 2. The molecule has 1 saturated carbocycles. The van der Waals surface area contributed by atoms with E-state index in [1.165, 1.54) is 0 Å². The molecule has 0 radical (unpaired) electrons. The number of hydrogen-bond acceptors (Lipinski definition) is 13. The van der Waals surface area contributed by atoms with E-state index in [-0.39, 0.29) is 59.9 Å². The molecule has 0 bridgehead atoms. The van der Waals surface area contributed by atoms with Crippen LogP contribution in [0.1, 0.15) is 117 Å². The Morgan fingerprint density at radius 1 is 0.945 bits per heavy atom. The lowest BCUT2D eigenvalue weighted by Crippen LogP contribution is -2.48. The zero-order valence-electron chi connectivity index (χ0n) is 41.6. The molecule has 0 unspecified atom stereocenters. The van der Waals surface area contributed by atoms with E-state index in [1.807, 2.05) is 29.2 Å². The minimum Gasteiger partial charge on any atom is -0.508 e. The Kier molecular flexibility index (Phi) is 14.4. The number of piperidine rings is 1. The molecule has 0 spiro atoms. The fraction of sp³-hybridized carbons (Fsp3) is 0.491. The fourth-order valence-electron chi connectivity index (χ4n) is 11.6. The molecule has 10 rings (SSSR count). The number of rotatable bonds is 14. The molecule has 2 aromatic carbocycles. The molecule has 3 aromatic heterocycles. The van der Waals surface area contributed by atoms with Crippen molar-refractivity contribution in [3.8, 4) is 17.1 Å². The van der Waals surface area contributed by atoms with Gasteiger partial charge in [0.25, 0.3) is 11.5 Å². The van der Waals surface area contributed by atoms with E-state index in [0.717, 1.165) is 105 Å². The molecule has 2 amide bonds. The highest BCUT2D eigenvalue weighted by Gasteiger charge is 2.45. The summed E-state index contributed by atoms with van der Waals surface area (Å²) in [6.45, 7) is 13.9. The fourth-order valence-corrected chi connectivity index (χ4v) is 11.9. The lowest BCUT2D eigenvalue weighted by molar-refractivity contribution is -0.172. The number of fused-ring (bicyclic) bond motifs is 5. The highest BCUT2D eigenvalue weighted by molar-refractivity contribution is 6.33. The van der Waals surface area contributed by atoms with Gasteiger partial charge >= 0.3 is 5.97 Å². The Hall–Kier alpha value is -6.61. The second-order valence-electron chi connectivity index (χ2n) is 20.5. The van der Waals surface area contributed by atoms with Gasteiger partial charge in [0.2, 0.25) is 11.6 Å². The predicted octanol–water partition coefficient (Wildman–Crippen LogP) is 7.47. The maximum absolute atomic E-state index is 13.7. The average molecular weight is 1010 g/mol. The van der Waals surface area contributed by atoms with Gasteiger partial charge < -0.3 is 39.5 Å². The molecule has 5 aromatic rings. The van der Waals surface area contributed by atoms with Crippen LogP contribution in [0.3, 0.4) is 0 Å². The van der Waals surface area contributed by atoms with Crippen LogP contribution in [-0.2, 0) is 39.6 Å². The van der Waals surface area contributed by atoms with Crippen molar-refractivity contribution < 1.29 is 29.3 Å². The van der Waals surface area contributed by atoms with Gasteiger partial charge in [0.1, 0.15) is 12.4 Å². The van der Waals surface area contributed by atoms with E-state index >= 15 is 0 Å². The average Bonchev–Trinajstić information content (AvgIpc) is 3.78. The molecule has 1 aliphatic carbocycles. The first-order valence-electron chi connectivity index (χ1n) is 25.9. The number of aromatic hydroxyl groups is 1. The third-order valence-corrected chi connectivity index (χ3v) is 16.6. The number of carbonyl (C=O) groups is 3. The van der Waals surface area contributed by atoms with Crippen LogP contribution >= 0.6 is 11.6 Å². The quantitative estimate of drug-likeness (QED) is 0.0554. The van der Waals surface area contributed by atoms with Crippen LogP contribution in [-0.4, -0.2) is 116 Å². The van der Waals surface area contributed by atoms with Gasteiger partial charge in [-0.15, -0.1) is 10.2 Å². The molecule has 2 saturated heterocycles. The molecule has 5 aliphatic rings. The monoisotopic (exact) mass is 1010 g/mol. The Morgan fingerprint density at radius 3 is 2.44 bits per heavy atom. The Bertz CT molecular complexity index is 3030. The molecule has 4 aliphatic heterocycles. The largest absolute Gasteiger partial charge is 0.508 e. The molecule has 382 valence electrons. The van der Waals surface area contributed by atoms with Crippen molar-refractivity contribution in [2.45, 2.75) is 121 Å². The van der Waals surface area contributed by atoms with Crippen LogP contribution in [0, 0.1) is 12.5 Å². The first-order valence-corrected chi connectivity index (χ1v) is 26.3. The van der Waals surface area contributed by atoms with Crippen LogP contribution in [0.25, 0.3) is 27.1 Å². The molecular formula is C55H63ClN10O7. The summed E-state index contributed by atoms with van der Waals surface area (Å²) in [7, 11) is 2.05. The standard InChI is InChI=1S/C55H63ClN10O7/c1-4-55(72)42-30-47-51-35(31-66(47)53(70)41(42)33-73-54(55)71)28-39-40(48(67)18-16-44(39)59-51)32-63-24-26-65(27-25-63)50(68)9-7-5-6-8-34-20-22-64(23-21-34)49-19-17-46(60-61-49)52(69)58-36-10-12-37(13-11-36)62(3)38-14-15-45(57-2)43(56)29-38/h14-19,28-30,34,36-37,67,72H,4-13,20-27,31-33H2,1,3H3,(H,58,69)/t36?,37?,55-/m0/s1. The van der Waals surface area contributed by atoms with Crippen LogP contribution < -0.4 is 20.7 Å². The molecule has 3 fully saturated rings. The number of cyclic esters (lactones) is 1. The smallest absolute Gasteiger partial charge is 0.343 e. The number of halogens is 1. The summed E-state index contributed by atoms with van der Waals surface area (Å²) in [6, 6.07) is 16.7. The van der Waals surface area contributed by atoms with Crippen molar-refractivity contribution in [3.05, 3.63) is 109 Å². The van der Waals surface area contributed by atoms with E-state index in [2.05, 4.69) is 42.1 Å². The molecule has 3 N–H and O–H groups in total.